The minimum atomic E-state index is -2.87. The van der Waals surface area contributed by atoms with Crippen LogP contribution in [0.2, 0.25) is 0 Å². The molecule has 3 rings (SSSR count). The summed E-state index contributed by atoms with van der Waals surface area (Å²) in [4.78, 5) is 24.6. The molecule has 3 aromatic carbocycles. The van der Waals surface area contributed by atoms with Crippen LogP contribution in [-0.2, 0) is 11.2 Å². The minimum absolute atomic E-state index is 0.0736. The SMILES string of the molecule is Cc1ccc(NC(=O)Nc2ccccc2)cc1NC(=O)CCc1ccc(OC(F)F)cc1. The maximum atomic E-state index is 12.4. The van der Waals surface area contributed by atoms with Gasteiger partial charge < -0.3 is 20.7 Å². The van der Waals surface area contributed by atoms with Crippen LogP contribution in [0.15, 0.2) is 72.8 Å². The number of benzene rings is 3. The molecule has 0 aromatic heterocycles. The number of aryl methyl sites for hydroxylation is 2. The van der Waals surface area contributed by atoms with E-state index in [1.54, 1.807) is 42.5 Å². The summed E-state index contributed by atoms with van der Waals surface area (Å²) < 4.78 is 28.7. The lowest BCUT2D eigenvalue weighted by Crippen LogP contribution is -2.19. The molecule has 3 aromatic rings. The molecule has 0 aliphatic heterocycles. The van der Waals surface area contributed by atoms with Crippen LogP contribution < -0.4 is 20.7 Å². The number of hydrogen-bond donors (Lipinski definition) is 3. The van der Waals surface area contributed by atoms with Gasteiger partial charge in [0, 0.05) is 23.5 Å². The number of amides is 3. The number of para-hydroxylation sites is 1. The summed E-state index contributed by atoms with van der Waals surface area (Å²) in [5.41, 5.74) is 3.47. The van der Waals surface area contributed by atoms with Gasteiger partial charge in [-0.05, 0) is 60.9 Å². The molecule has 0 aliphatic rings. The lowest BCUT2D eigenvalue weighted by Gasteiger charge is -2.12. The first-order chi connectivity index (χ1) is 15.4. The predicted molar refractivity (Wildman–Crippen MR) is 120 cm³/mol. The van der Waals surface area contributed by atoms with Gasteiger partial charge in [-0.25, -0.2) is 4.79 Å². The Balaban J connectivity index is 1.53. The van der Waals surface area contributed by atoms with Crippen molar-refractivity contribution in [1.82, 2.24) is 0 Å². The van der Waals surface area contributed by atoms with Gasteiger partial charge >= 0.3 is 12.6 Å². The lowest BCUT2D eigenvalue weighted by atomic mass is 10.1. The van der Waals surface area contributed by atoms with E-state index < -0.39 is 12.6 Å². The van der Waals surface area contributed by atoms with Crippen LogP contribution in [0.3, 0.4) is 0 Å². The van der Waals surface area contributed by atoms with Gasteiger partial charge in [0.05, 0.1) is 0 Å². The summed E-state index contributed by atoms with van der Waals surface area (Å²) in [5.74, 6) is -0.128. The minimum Gasteiger partial charge on any atom is -0.435 e. The molecule has 0 fully saturated rings. The van der Waals surface area contributed by atoms with Gasteiger partial charge in [0.25, 0.3) is 0 Å². The Hall–Kier alpha value is -3.94. The molecule has 0 saturated heterocycles. The van der Waals surface area contributed by atoms with Crippen LogP contribution in [0.4, 0.5) is 30.6 Å². The van der Waals surface area contributed by atoms with E-state index in [0.29, 0.717) is 23.5 Å². The summed E-state index contributed by atoms with van der Waals surface area (Å²) in [6.07, 6.45) is 0.651. The van der Waals surface area contributed by atoms with Crippen LogP contribution >= 0.6 is 0 Å². The molecule has 0 spiro atoms. The van der Waals surface area contributed by atoms with Gasteiger partial charge in [-0.2, -0.15) is 8.78 Å². The fraction of sp³-hybridized carbons (Fsp3) is 0.167. The fourth-order valence-corrected chi connectivity index (χ4v) is 2.96. The van der Waals surface area contributed by atoms with E-state index >= 15 is 0 Å². The number of halogens is 2. The second-order valence-corrected chi connectivity index (χ2v) is 7.05. The maximum Gasteiger partial charge on any atom is 0.387 e. The normalized spacial score (nSPS) is 10.5. The molecule has 3 amide bonds. The van der Waals surface area contributed by atoms with Gasteiger partial charge in [0.2, 0.25) is 5.91 Å². The highest BCUT2D eigenvalue weighted by molar-refractivity contribution is 6.00. The summed E-state index contributed by atoms with van der Waals surface area (Å²) in [7, 11) is 0. The third kappa shape index (κ3) is 7.09. The zero-order chi connectivity index (χ0) is 22.9. The van der Waals surface area contributed by atoms with Gasteiger partial charge in [-0.1, -0.05) is 36.4 Å². The van der Waals surface area contributed by atoms with Crippen LogP contribution in [0.5, 0.6) is 5.75 Å². The lowest BCUT2D eigenvalue weighted by molar-refractivity contribution is -0.116. The molecule has 0 radical (unpaired) electrons. The van der Waals surface area contributed by atoms with Crippen LogP contribution in [-0.4, -0.2) is 18.5 Å². The van der Waals surface area contributed by atoms with Crippen molar-refractivity contribution in [2.75, 3.05) is 16.0 Å². The zero-order valence-corrected chi connectivity index (χ0v) is 17.4. The van der Waals surface area contributed by atoms with Crippen molar-refractivity contribution in [2.24, 2.45) is 0 Å². The van der Waals surface area contributed by atoms with E-state index in [4.69, 9.17) is 0 Å². The van der Waals surface area contributed by atoms with Crippen LogP contribution in [0.25, 0.3) is 0 Å². The molecule has 6 nitrogen and oxygen atoms in total. The molecule has 8 heteroatoms. The largest absolute Gasteiger partial charge is 0.435 e. The summed E-state index contributed by atoms with van der Waals surface area (Å²) in [5, 5.41) is 8.32. The zero-order valence-electron chi connectivity index (χ0n) is 17.4. The average Bonchev–Trinajstić information content (AvgIpc) is 2.76. The Morgan fingerprint density at radius 2 is 1.56 bits per heavy atom. The average molecular weight is 439 g/mol. The van der Waals surface area contributed by atoms with Crippen molar-refractivity contribution in [1.29, 1.82) is 0 Å². The molecule has 0 bridgehead atoms. The van der Waals surface area contributed by atoms with E-state index in [1.165, 1.54) is 12.1 Å². The maximum absolute atomic E-state index is 12.4. The number of carbonyl (C=O) groups excluding carboxylic acids is 2. The number of rotatable bonds is 8. The Morgan fingerprint density at radius 1 is 0.875 bits per heavy atom. The molecule has 3 N–H and O–H groups in total. The molecule has 166 valence electrons. The van der Waals surface area contributed by atoms with Gasteiger partial charge in [-0.3, -0.25) is 4.79 Å². The Labute approximate surface area is 184 Å². The Bertz CT molecular complexity index is 1060. The fourth-order valence-electron chi connectivity index (χ4n) is 2.96. The summed E-state index contributed by atoms with van der Waals surface area (Å²) in [6, 6.07) is 20.1. The molecule has 0 heterocycles. The molecular formula is C24H23F2N3O3. The highest BCUT2D eigenvalue weighted by Gasteiger charge is 2.09. The van der Waals surface area contributed by atoms with Gasteiger partial charge in [0.1, 0.15) is 5.75 Å². The highest BCUT2D eigenvalue weighted by Crippen LogP contribution is 2.21. The number of urea groups is 1. The number of alkyl halides is 2. The number of nitrogens with one attached hydrogen (secondary N) is 3. The van der Waals surface area contributed by atoms with Crippen LogP contribution in [0, 0.1) is 6.92 Å². The third-order valence-electron chi connectivity index (χ3n) is 4.59. The number of carbonyl (C=O) groups is 2. The quantitative estimate of drug-likeness (QED) is 0.414. The van der Waals surface area contributed by atoms with E-state index in [-0.39, 0.29) is 18.1 Å². The van der Waals surface area contributed by atoms with Crippen molar-refractivity contribution in [3.63, 3.8) is 0 Å². The highest BCUT2D eigenvalue weighted by atomic mass is 19.3. The van der Waals surface area contributed by atoms with E-state index in [1.807, 2.05) is 25.1 Å². The number of ether oxygens (including phenoxy) is 1. The predicted octanol–water partition coefficient (Wildman–Crippen LogP) is 5.81. The van der Waals surface area contributed by atoms with E-state index in [2.05, 4.69) is 20.7 Å². The van der Waals surface area contributed by atoms with Crippen LogP contribution in [0.1, 0.15) is 17.5 Å². The van der Waals surface area contributed by atoms with Gasteiger partial charge in [0.15, 0.2) is 0 Å². The van der Waals surface area contributed by atoms with Crippen molar-refractivity contribution < 1.29 is 23.1 Å². The Morgan fingerprint density at radius 3 is 2.25 bits per heavy atom. The van der Waals surface area contributed by atoms with Crippen molar-refractivity contribution in [2.45, 2.75) is 26.4 Å². The third-order valence-corrected chi connectivity index (χ3v) is 4.59. The molecule has 0 aliphatic carbocycles. The first-order valence-electron chi connectivity index (χ1n) is 9.96. The topological polar surface area (TPSA) is 79.5 Å². The van der Waals surface area contributed by atoms with E-state index in [0.717, 1.165) is 11.1 Å². The van der Waals surface area contributed by atoms with E-state index in [9.17, 15) is 18.4 Å². The molecule has 0 unspecified atom stereocenters. The molecule has 0 saturated carbocycles. The smallest absolute Gasteiger partial charge is 0.387 e. The summed E-state index contributed by atoms with van der Waals surface area (Å²) >= 11 is 0. The molecular weight excluding hydrogens is 416 g/mol. The summed E-state index contributed by atoms with van der Waals surface area (Å²) in [6.45, 7) is -1.02. The van der Waals surface area contributed by atoms with Crippen molar-refractivity contribution >= 4 is 29.0 Å². The number of anilines is 3. The molecule has 32 heavy (non-hydrogen) atoms. The van der Waals surface area contributed by atoms with Crippen molar-refractivity contribution in [3.8, 4) is 5.75 Å². The van der Waals surface area contributed by atoms with Crippen molar-refractivity contribution in [3.05, 3.63) is 83.9 Å². The Kier molecular flexibility index (Phi) is 7.75. The first kappa shape index (κ1) is 22.7. The first-order valence-corrected chi connectivity index (χ1v) is 9.96. The second kappa shape index (κ2) is 10.9. The molecule has 0 atom stereocenters. The number of hydrogen-bond acceptors (Lipinski definition) is 3. The van der Waals surface area contributed by atoms with Gasteiger partial charge in [-0.15, -0.1) is 0 Å². The standard InChI is InChI=1S/C24H23F2N3O3/c1-16-7-11-19(28-24(31)27-18-5-3-2-4-6-18)15-21(16)29-22(30)14-10-17-8-12-20(13-9-17)32-23(25)26/h2-9,11-13,15,23H,10,14H2,1H3,(H,29,30)(H2,27,28,31). The monoisotopic (exact) mass is 439 g/mol. The second-order valence-electron chi connectivity index (χ2n) is 7.05.